The summed E-state index contributed by atoms with van der Waals surface area (Å²) in [7, 11) is 0. The molecule has 3 rings (SSSR count). The smallest absolute Gasteiger partial charge is 0.251 e. The number of aromatic nitrogens is 3. The van der Waals surface area contributed by atoms with Gasteiger partial charge in [-0.3, -0.25) is 0 Å². The first-order valence-corrected chi connectivity index (χ1v) is 8.03. The number of hydrogen-bond acceptors (Lipinski definition) is 5. The molecule has 0 spiro atoms. The minimum Gasteiger partial charge on any atom is -0.339 e. The molecule has 0 bridgehead atoms. The Morgan fingerprint density at radius 3 is 2.50 bits per heavy atom. The third-order valence-electron chi connectivity index (χ3n) is 3.74. The molecule has 0 saturated carbocycles. The molecule has 0 unspecified atom stereocenters. The maximum absolute atomic E-state index is 4.61. The van der Waals surface area contributed by atoms with Crippen molar-refractivity contribution in [2.45, 2.75) is 20.8 Å². The van der Waals surface area contributed by atoms with E-state index in [9.17, 15) is 0 Å². The van der Waals surface area contributed by atoms with Crippen LogP contribution in [0.3, 0.4) is 0 Å². The van der Waals surface area contributed by atoms with Crippen LogP contribution in [0.25, 0.3) is 0 Å². The summed E-state index contributed by atoms with van der Waals surface area (Å²) in [6.45, 7) is 6.98. The van der Waals surface area contributed by atoms with Gasteiger partial charge in [-0.1, -0.05) is 29.8 Å². The molecule has 0 amide bonds. The van der Waals surface area contributed by atoms with E-state index in [2.05, 4.69) is 71.6 Å². The first-order chi connectivity index (χ1) is 11.7. The van der Waals surface area contributed by atoms with E-state index in [4.69, 9.17) is 0 Å². The summed E-state index contributed by atoms with van der Waals surface area (Å²) in [6.07, 6.45) is 1.63. The highest BCUT2D eigenvalue weighted by molar-refractivity contribution is 5.61. The molecule has 3 aromatic rings. The molecule has 0 saturated heterocycles. The molecule has 0 aliphatic heterocycles. The van der Waals surface area contributed by atoms with Crippen molar-refractivity contribution in [1.82, 2.24) is 15.2 Å². The van der Waals surface area contributed by atoms with Crippen molar-refractivity contribution in [2.24, 2.45) is 0 Å². The van der Waals surface area contributed by atoms with E-state index in [1.165, 1.54) is 11.1 Å². The van der Waals surface area contributed by atoms with Gasteiger partial charge < -0.3 is 10.2 Å². The quantitative estimate of drug-likeness (QED) is 0.756. The molecule has 0 fully saturated rings. The molecule has 122 valence electrons. The van der Waals surface area contributed by atoms with E-state index < -0.39 is 0 Å². The van der Waals surface area contributed by atoms with Crippen LogP contribution in [-0.2, 0) is 0 Å². The molecule has 0 radical (unpaired) electrons. The normalized spacial score (nSPS) is 10.5. The topological polar surface area (TPSA) is 53.9 Å². The first-order valence-electron chi connectivity index (χ1n) is 8.03. The average Bonchev–Trinajstić information content (AvgIpc) is 2.58. The van der Waals surface area contributed by atoms with E-state index in [0.29, 0.717) is 11.8 Å². The summed E-state index contributed by atoms with van der Waals surface area (Å²) in [5, 5.41) is 11.6. The third-order valence-corrected chi connectivity index (χ3v) is 3.74. The van der Waals surface area contributed by atoms with E-state index in [1.54, 1.807) is 6.20 Å². The van der Waals surface area contributed by atoms with Gasteiger partial charge in [0.2, 0.25) is 0 Å². The molecule has 1 heterocycles. The van der Waals surface area contributed by atoms with Crippen LogP contribution in [-0.4, -0.2) is 21.7 Å². The second-order valence-electron chi connectivity index (χ2n) is 5.72. The molecular formula is C19H21N5. The third kappa shape index (κ3) is 3.68. The van der Waals surface area contributed by atoms with E-state index in [0.717, 1.165) is 17.9 Å². The monoisotopic (exact) mass is 319 g/mol. The lowest BCUT2D eigenvalue weighted by Gasteiger charge is -2.21. The largest absolute Gasteiger partial charge is 0.339 e. The van der Waals surface area contributed by atoms with Crippen LogP contribution in [0.15, 0.2) is 54.7 Å². The van der Waals surface area contributed by atoms with E-state index >= 15 is 0 Å². The van der Waals surface area contributed by atoms with E-state index in [1.807, 2.05) is 23.1 Å². The fraction of sp³-hybridized carbons (Fsp3) is 0.211. The van der Waals surface area contributed by atoms with Gasteiger partial charge in [-0.15, -0.1) is 5.10 Å². The number of benzene rings is 2. The summed E-state index contributed by atoms with van der Waals surface area (Å²) in [4.78, 5) is 6.65. The Hall–Kier alpha value is -2.95. The van der Waals surface area contributed by atoms with Crippen LogP contribution in [0.5, 0.6) is 0 Å². The van der Waals surface area contributed by atoms with Crippen LogP contribution in [0, 0.1) is 13.8 Å². The SMILES string of the molecule is CCN(c1cccc(C)c1)c1nncc(Nc2ccc(C)cc2)n1. The lowest BCUT2D eigenvalue weighted by Crippen LogP contribution is -2.19. The van der Waals surface area contributed by atoms with Crippen LogP contribution in [0.1, 0.15) is 18.1 Å². The van der Waals surface area contributed by atoms with Gasteiger partial charge in [0, 0.05) is 17.9 Å². The zero-order valence-corrected chi connectivity index (χ0v) is 14.2. The van der Waals surface area contributed by atoms with Crippen molar-refractivity contribution in [1.29, 1.82) is 0 Å². The standard InChI is InChI=1S/C19H21N5/c1-4-24(17-7-5-6-15(3)12-17)19-22-18(13-20-23-19)21-16-10-8-14(2)9-11-16/h5-13H,4H2,1-3H3,(H,21,22,23). The van der Waals surface area contributed by atoms with Gasteiger partial charge in [-0.05, 0) is 50.6 Å². The van der Waals surface area contributed by atoms with Gasteiger partial charge >= 0.3 is 0 Å². The Bertz CT molecular complexity index is 814. The van der Waals surface area contributed by atoms with Gasteiger partial charge in [0.1, 0.15) is 0 Å². The molecule has 5 heteroatoms. The maximum Gasteiger partial charge on any atom is 0.251 e. The molecular weight excluding hydrogens is 298 g/mol. The van der Waals surface area contributed by atoms with Gasteiger partial charge in [-0.2, -0.15) is 10.1 Å². The zero-order chi connectivity index (χ0) is 16.9. The fourth-order valence-electron chi connectivity index (χ4n) is 2.49. The summed E-state index contributed by atoms with van der Waals surface area (Å²) < 4.78 is 0. The molecule has 1 aromatic heterocycles. The summed E-state index contributed by atoms with van der Waals surface area (Å²) in [5.74, 6) is 1.26. The predicted molar refractivity (Wildman–Crippen MR) is 98.1 cm³/mol. The molecule has 5 nitrogen and oxygen atoms in total. The minimum absolute atomic E-state index is 0.584. The lowest BCUT2D eigenvalue weighted by molar-refractivity contribution is 0.886. The van der Waals surface area contributed by atoms with Gasteiger partial charge in [0.05, 0.1) is 6.20 Å². The van der Waals surface area contributed by atoms with Crippen LogP contribution < -0.4 is 10.2 Å². The van der Waals surface area contributed by atoms with Gasteiger partial charge in [-0.25, -0.2) is 0 Å². The lowest BCUT2D eigenvalue weighted by atomic mass is 10.2. The minimum atomic E-state index is 0.584. The van der Waals surface area contributed by atoms with Crippen LogP contribution in [0.4, 0.5) is 23.1 Å². The fourth-order valence-corrected chi connectivity index (χ4v) is 2.49. The highest BCUT2D eigenvalue weighted by atomic mass is 15.3. The number of hydrogen-bond donors (Lipinski definition) is 1. The number of aryl methyl sites for hydroxylation is 2. The second-order valence-corrected chi connectivity index (χ2v) is 5.72. The summed E-state index contributed by atoms with van der Waals surface area (Å²) in [5.41, 5.74) is 4.46. The van der Waals surface area contributed by atoms with Crippen molar-refractivity contribution in [3.05, 3.63) is 65.9 Å². The van der Waals surface area contributed by atoms with Crippen molar-refractivity contribution in [3.63, 3.8) is 0 Å². The molecule has 24 heavy (non-hydrogen) atoms. The maximum atomic E-state index is 4.61. The number of nitrogens with one attached hydrogen (secondary N) is 1. The van der Waals surface area contributed by atoms with Crippen molar-refractivity contribution >= 4 is 23.1 Å². The summed E-state index contributed by atoms with van der Waals surface area (Å²) in [6, 6.07) is 16.4. The predicted octanol–water partition coefficient (Wildman–Crippen LogP) is 4.39. The number of nitrogens with zero attached hydrogens (tertiary/aromatic N) is 4. The van der Waals surface area contributed by atoms with Crippen LogP contribution >= 0.6 is 0 Å². The Morgan fingerprint density at radius 2 is 1.79 bits per heavy atom. The molecule has 0 aliphatic carbocycles. The average molecular weight is 319 g/mol. The van der Waals surface area contributed by atoms with Crippen molar-refractivity contribution < 1.29 is 0 Å². The highest BCUT2D eigenvalue weighted by Crippen LogP contribution is 2.23. The Kier molecular flexibility index (Phi) is 4.70. The first kappa shape index (κ1) is 15.9. The highest BCUT2D eigenvalue weighted by Gasteiger charge is 2.12. The van der Waals surface area contributed by atoms with Crippen LogP contribution in [0.2, 0.25) is 0 Å². The number of rotatable bonds is 5. The molecule has 1 N–H and O–H groups in total. The summed E-state index contributed by atoms with van der Waals surface area (Å²) >= 11 is 0. The Morgan fingerprint density at radius 1 is 1.00 bits per heavy atom. The number of anilines is 4. The van der Waals surface area contributed by atoms with Crippen molar-refractivity contribution in [3.8, 4) is 0 Å². The van der Waals surface area contributed by atoms with Crippen molar-refractivity contribution in [2.75, 3.05) is 16.8 Å². The Labute approximate surface area is 142 Å². The van der Waals surface area contributed by atoms with Gasteiger partial charge in [0.15, 0.2) is 5.82 Å². The second kappa shape index (κ2) is 7.08. The van der Waals surface area contributed by atoms with E-state index in [-0.39, 0.29) is 0 Å². The Balaban J connectivity index is 1.87. The molecule has 0 aliphatic rings. The van der Waals surface area contributed by atoms with Gasteiger partial charge in [0.25, 0.3) is 5.95 Å². The zero-order valence-electron chi connectivity index (χ0n) is 14.2. The molecule has 2 aromatic carbocycles. The molecule has 0 atom stereocenters.